The second-order valence-corrected chi connectivity index (χ2v) is 9.76. The van der Waals surface area contributed by atoms with E-state index >= 15 is 0 Å². The minimum atomic E-state index is -2.64. The van der Waals surface area contributed by atoms with Gasteiger partial charge in [-0.1, -0.05) is 5.16 Å². The molecule has 0 spiro atoms. The molecule has 0 N–H and O–H groups in total. The van der Waals surface area contributed by atoms with Gasteiger partial charge < -0.3 is 14.2 Å². The molecular weight excluding hydrogens is 400 g/mol. The lowest BCUT2D eigenvalue weighted by atomic mass is 9.73. The number of aromatic nitrogens is 2. The fourth-order valence-electron chi connectivity index (χ4n) is 4.01. The van der Waals surface area contributed by atoms with Crippen molar-refractivity contribution in [1.82, 2.24) is 15.0 Å². The van der Waals surface area contributed by atoms with E-state index in [2.05, 4.69) is 15.5 Å². The van der Waals surface area contributed by atoms with Gasteiger partial charge in [-0.3, -0.25) is 0 Å². The lowest BCUT2D eigenvalue weighted by Gasteiger charge is -2.40. The average Bonchev–Trinajstić information content (AvgIpc) is 3.30. The van der Waals surface area contributed by atoms with E-state index in [1.165, 1.54) is 0 Å². The number of amides is 1. The van der Waals surface area contributed by atoms with Crippen LogP contribution in [0.25, 0.3) is 0 Å². The first-order valence-corrected chi connectivity index (χ1v) is 10.7. The van der Waals surface area contributed by atoms with Crippen molar-refractivity contribution in [3.8, 4) is 0 Å². The van der Waals surface area contributed by atoms with E-state index < -0.39 is 16.9 Å². The van der Waals surface area contributed by atoms with Crippen molar-refractivity contribution < 1.29 is 22.8 Å². The van der Waals surface area contributed by atoms with Crippen LogP contribution in [0.3, 0.4) is 0 Å². The van der Waals surface area contributed by atoms with Gasteiger partial charge in [-0.15, -0.1) is 0 Å². The van der Waals surface area contributed by atoms with Crippen molar-refractivity contribution in [3.63, 3.8) is 0 Å². The molecule has 1 amide bonds. The molecule has 2 aromatic heterocycles. The van der Waals surface area contributed by atoms with Crippen molar-refractivity contribution in [2.45, 2.75) is 69.3 Å². The normalized spacial score (nSPS) is 21.6. The van der Waals surface area contributed by atoms with Crippen molar-refractivity contribution in [3.05, 3.63) is 34.1 Å². The minimum absolute atomic E-state index is 0.244. The maximum absolute atomic E-state index is 13.2. The van der Waals surface area contributed by atoms with Crippen LogP contribution in [-0.4, -0.2) is 45.7 Å². The number of ether oxygens (including phenoxy) is 1. The predicted molar refractivity (Wildman–Crippen MR) is 103 cm³/mol. The molecule has 3 heterocycles. The number of nitrogens with zero attached hydrogens (tertiary/aromatic N) is 3. The fraction of sp³-hybridized carbons (Fsp3) is 0.650. The summed E-state index contributed by atoms with van der Waals surface area (Å²) in [5.74, 6) is -2.21. The number of alkyl halides is 2. The van der Waals surface area contributed by atoms with Gasteiger partial charge in [0.15, 0.2) is 5.82 Å². The molecule has 2 aromatic rings. The molecule has 4 rings (SSSR count). The first kappa shape index (κ1) is 20.3. The number of halogens is 2. The zero-order valence-corrected chi connectivity index (χ0v) is 17.6. The summed E-state index contributed by atoms with van der Waals surface area (Å²) < 4.78 is 37.3. The summed E-state index contributed by atoms with van der Waals surface area (Å²) in [7, 11) is 0. The molecule has 0 atom stereocenters. The topological polar surface area (TPSA) is 68.5 Å². The quantitative estimate of drug-likeness (QED) is 0.695. The number of hydrogen-bond acceptors (Lipinski definition) is 6. The zero-order valence-electron chi connectivity index (χ0n) is 16.8. The van der Waals surface area contributed by atoms with Crippen molar-refractivity contribution in [1.29, 1.82) is 0 Å². The van der Waals surface area contributed by atoms with E-state index in [0.717, 1.165) is 5.56 Å². The van der Waals surface area contributed by atoms with Crippen LogP contribution in [0.5, 0.6) is 0 Å². The molecule has 158 valence electrons. The van der Waals surface area contributed by atoms with Gasteiger partial charge in [-0.25, -0.2) is 13.6 Å². The second-order valence-electron chi connectivity index (χ2n) is 8.98. The molecule has 0 bridgehead atoms. The van der Waals surface area contributed by atoms with Gasteiger partial charge in [0, 0.05) is 31.8 Å². The van der Waals surface area contributed by atoms with Gasteiger partial charge in [0.05, 0.1) is 5.41 Å². The summed E-state index contributed by atoms with van der Waals surface area (Å²) in [6, 6.07) is 2.03. The molecule has 1 aliphatic heterocycles. The lowest BCUT2D eigenvalue weighted by Crippen LogP contribution is -2.47. The molecule has 2 aliphatic rings. The number of thiophene rings is 1. The van der Waals surface area contributed by atoms with Crippen LogP contribution in [0.15, 0.2) is 21.3 Å². The van der Waals surface area contributed by atoms with Crippen molar-refractivity contribution in [2.24, 2.45) is 0 Å². The summed E-state index contributed by atoms with van der Waals surface area (Å²) in [6.07, 6.45) is 0.409. The van der Waals surface area contributed by atoms with E-state index in [4.69, 9.17) is 9.26 Å². The highest BCUT2D eigenvalue weighted by atomic mass is 32.1. The fourth-order valence-corrected chi connectivity index (χ4v) is 4.76. The van der Waals surface area contributed by atoms with Crippen LogP contribution in [0.4, 0.5) is 13.6 Å². The van der Waals surface area contributed by atoms with E-state index in [-0.39, 0.29) is 30.7 Å². The summed E-state index contributed by atoms with van der Waals surface area (Å²) >= 11 is 1.58. The highest BCUT2D eigenvalue weighted by Gasteiger charge is 2.50. The SMILES string of the molecule is CC(C)(C)OC(=O)N1CCC(c2ccsc2)(c2noc(C3CC(F)(F)C3)n2)CC1. The van der Waals surface area contributed by atoms with Crippen molar-refractivity contribution >= 4 is 17.4 Å². The maximum Gasteiger partial charge on any atom is 0.410 e. The molecule has 0 aromatic carbocycles. The minimum Gasteiger partial charge on any atom is -0.444 e. The van der Waals surface area contributed by atoms with Crippen LogP contribution < -0.4 is 0 Å². The Morgan fingerprint density at radius 2 is 2.00 bits per heavy atom. The number of piperidine rings is 1. The van der Waals surface area contributed by atoms with Gasteiger partial charge in [0.25, 0.3) is 0 Å². The third kappa shape index (κ3) is 4.01. The van der Waals surface area contributed by atoms with Crippen LogP contribution in [0, 0.1) is 0 Å². The van der Waals surface area contributed by atoms with Crippen LogP contribution in [0.2, 0.25) is 0 Å². The van der Waals surface area contributed by atoms with Gasteiger partial charge in [0.1, 0.15) is 5.60 Å². The van der Waals surface area contributed by atoms with E-state index in [0.29, 0.717) is 31.8 Å². The summed E-state index contributed by atoms with van der Waals surface area (Å²) in [4.78, 5) is 18.7. The monoisotopic (exact) mass is 425 g/mol. The Hall–Kier alpha value is -2.03. The smallest absolute Gasteiger partial charge is 0.410 e. The number of hydrogen-bond donors (Lipinski definition) is 0. The summed E-state index contributed by atoms with van der Waals surface area (Å²) in [5.41, 5.74) is 0.0245. The van der Waals surface area contributed by atoms with Crippen LogP contribution >= 0.6 is 11.3 Å². The largest absolute Gasteiger partial charge is 0.444 e. The Morgan fingerprint density at radius 1 is 1.31 bits per heavy atom. The lowest BCUT2D eigenvalue weighted by molar-refractivity contribution is -0.0925. The second kappa shape index (κ2) is 7.04. The molecule has 2 fully saturated rings. The molecule has 0 unspecified atom stereocenters. The standard InChI is InChI=1S/C20H25F2N3O3S/c1-18(2,3)27-17(26)25-7-5-19(6-8-25,14-4-9-29-12-14)16-23-15(28-24-16)13-10-20(21,22)11-13/h4,9,12-13H,5-8,10-11H2,1-3H3. The number of carbonyl (C=O) groups excluding carboxylic acids is 1. The number of carbonyl (C=O) groups is 1. The number of rotatable bonds is 3. The third-order valence-corrected chi connectivity index (χ3v) is 6.33. The van der Waals surface area contributed by atoms with Gasteiger partial charge in [0.2, 0.25) is 11.8 Å². The average molecular weight is 426 g/mol. The Morgan fingerprint density at radius 3 is 2.55 bits per heavy atom. The first-order valence-electron chi connectivity index (χ1n) is 9.81. The van der Waals surface area contributed by atoms with Gasteiger partial charge in [-0.2, -0.15) is 16.3 Å². The van der Waals surface area contributed by atoms with Crippen LogP contribution in [-0.2, 0) is 10.2 Å². The molecule has 1 saturated heterocycles. The molecular formula is C20H25F2N3O3S. The van der Waals surface area contributed by atoms with Crippen molar-refractivity contribution in [2.75, 3.05) is 13.1 Å². The van der Waals surface area contributed by atoms with Crippen LogP contribution in [0.1, 0.15) is 69.7 Å². The number of likely N-dealkylation sites (tertiary alicyclic amines) is 1. The highest BCUT2D eigenvalue weighted by Crippen LogP contribution is 2.49. The van der Waals surface area contributed by atoms with E-state index in [9.17, 15) is 13.6 Å². The summed E-state index contributed by atoms with van der Waals surface area (Å²) in [5, 5.41) is 8.23. The van der Waals surface area contributed by atoms with E-state index in [1.54, 1.807) is 16.2 Å². The molecule has 6 nitrogen and oxygen atoms in total. The molecule has 29 heavy (non-hydrogen) atoms. The predicted octanol–water partition coefficient (Wildman–Crippen LogP) is 4.96. The Bertz CT molecular complexity index is 860. The molecule has 1 aliphatic carbocycles. The maximum atomic E-state index is 13.2. The molecule has 9 heteroatoms. The van der Waals surface area contributed by atoms with E-state index in [1.807, 2.05) is 32.2 Å². The Balaban J connectivity index is 1.54. The van der Waals surface area contributed by atoms with Gasteiger partial charge in [-0.05, 0) is 56.0 Å². The molecule has 1 saturated carbocycles. The highest BCUT2D eigenvalue weighted by molar-refractivity contribution is 7.08. The Kier molecular flexibility index (Phi) is 4.91. The van der Waals surface area contributed by atoms with Gasteiger partial charge >= 0.3 is 6.09 Å². The zero-order chi connectivity index (χ0) is 20.9. The summed E-state index contributed by atoms with van der Waals surface area (Å²) in [6.45, 7) is 6.52. The Labute approximate surface area is 172 Å². The third-order valence-electron chi connectivity index (χ3n) is 5.65. The first-order chi connectivity index (χ1) is 13.6. The molecule has 0 radical (unpaired) electrons.